The molecule has 0 saturated heterocycles. The van der Waals surface area contributed by atoms with E-state index >= 15 is 0 Å². The van der Waals surface area contributed by atoms with Crippen LogP contribution >= 0.6 is 0 Å². The van der Waals surface area contributed by atoms with Crippen LogP contribution in [0.4, 0.5) is 5.69 Å². The van der Waals surface area contributed by atoms with Gasteiger partial charge in [-0.05, 0) is 99.8 Å². The van der Waals surface area contributed by atoms with Gasteiger partial charge in [-0.1, -0.05) is 78.0 Å². The highest BCUT2D eigenvalue weighted by Crippen LogP contribution is 2.53. The molecule has 0 amide bonds. The highest BCUT2D eigenvalue weighted by Gasteiger charge is 2.43. The summed E-state index contributed by atoms with van der Waals surface area (Å²) in [5.74, 6) is 0.211. The lowest BCUT2D eigenvalue weighted by molar-refractivity contribution is 0.0985. The Hall–Kier alpha value is -3.20. The van der Waals surface area contributed by atoms with Gasteiger partial charge in [0.05, 0.1) is 5.57 Å². The summed E-state index contributed by atoms with van der Waals surface area (Å²) >= 11 is 0. The fourth-order valence-corrected chi connectivity index (χ4v) is 8.25. The number of allylic oxidation sites excluding steroid dienone is 6. The summed E-state index contributed by atoms with van der Waals surface area (Å²) in [6.45, 7) is 16.6. The first-order valence-electron chi connectivity index (χ1n) is 15.2. The van der Waals surface area contributed by atoms with Crippen LogP contribution in [0.25, 0.3) is 5.57 Å². The Morgan fingerprint density at radius 1 is 0.800 bits per heavy atom. The predicted octanol–water partition coefficient (Wildman–Crippen LogP) is 8.38. The molecule has 1 atom stereocenters. The summed E-state index contributed by atoms with van der Waals surface area (Å²) in [5, 5.41) is 0. The van der Waals surface area contributed by atoms with Gasteiger partial charge in [-0.25, -0.2) is 0 Å². The standard InChI is InChI=1S/C37H41NO2/c1-35(2)13-15-38-16-14-36(3,4)30-20-23(19-29(35)32(30)38)22-11-12-28-24(17-22)18-25(21-37(28,5)6)31-33(39)26-9-7-8-10-27(26)34(31)40/h7-10,17-20,28H,11-16,21H2,1-6H3. The summed E-state index contributed by atoms with van der Waals surface area (Å²) in [7, 11) is 0. The second-order valence-electron chi connectivity index (χ2n) is 14.8. The van der Waals surface area contributed by atoms with Gasteiger partial charge in [0, 0.05) is 29.9 Å². The lowest BCUT2D eigenvalue weighted by Gasteiger charge is -2.48. The molecule has 0 spiro atoms. The van der Waals surface area contributed by atoms with Gasteiger partial charge in [0.1, 0.15) is 0 Å². The molecule has 1 unspecified atom stereocenters. The van der Waals surface area contributed by atoms with Gasteiger partial charge in [0.25, 0.3) is 0 Å². The molecule has 3 aliphatic carbocycles. The average molecular weight is 532 g/mol. The second-order valence-corrected chi connectivity index (χ2v) is 14.8. The number of anilines is 1. The summed E-state index contributed by atoms with van der Waals surface area (Å²) in [6.07, 6.45) is 9.89. The number of carbonyl (C=O) groups is 2. The molecule has 2 aromatic carbocycles. The third-order valence-electron chi connectivity index (χ3n) is 10.8. The second kappa shape index (κ2) is 8.41. The zero-order valence-corrected chi connectivity index (χ0v) is 24.9. The maximum absolute atomic E-state index is 13.4. The minimum absolute atomic E-state index is 0.0177. The number of Topliss-reactive ketones (excluding diaryl/α,β-unsaturated/α-hetero) is 2. The van der Waals surface area contributed by atoms with Gasteiger partial charge >= 0.3 is 0 Å². The van der Waals surface area contributed by atoms with Crippen molar-refractivity contribution < 1.29 is 9.59 Å². The molecule has 0 saturated carbocycles. The first-order valence-corrected chi connectivity index (χ1v) is 15.2. The van der Waals surface area contributed by atoms with E-state index in [4.69, 9.17) is 0 Å². The van der Waals surface area contributed by atoms with Crippen LogP contribution < -0.4 is 4.90 Å². The Morgan fingerprint density at radius 2 is 1.38 bits per heavy atom. The third kappa shape index (κ3) is 3.69. The highest BCUT2D eigenvalue weighted by molar-refractivity contribution is 6.40. The Bertz CT molecular complexity index is 1510. The summed E-state index contributed by atoms with van der Waals surface area (Å²) < 4.78 is 0. The van der Waals surface area contributed by atoms with Crippen LogP contribution in [0.1, 0.15) is 111 Å². The molecule has 7 rings (SSSR count). The van der Waals surface area contributed by atoms with E-state index in [1.54, 1.807) is 12.1 Å². The van der Waals surface area contributed by atoms with E-state index in [0.29, 0.717) is 22.6 Å². The SMILES string of the molecule is CC1(C)CCN2CCC(C)(C)c3cc(C4=CC5=CC(=C6C(=O)c7ccccc7C6=O)CC(C)(C)C5CC4)cc1c32. The third-order valence-corrected chi connectivity index (χ3v) is 10.8. The topological polar surface area (TPSA) is 37.4 Å². The van der Waals surface area contributed by atoms with Crippen molar-refractivity contribution in [1.29, 1.82) is 0 Å². The molecule has 40 heavy (non-hydrogen) atoms. The van der Waals surface area contributed by atoms with Crippen molar-refractivity contribution in [1.82, 2.24) is 0 Å². The first-order chi connectivity index (χ1) is 18.9. The monoisotopic (exact) mass is 531 g/mol. The number of benzene rings is 2. The number of nitrogens with zero attached hydrogens (tertiary/aromatic N) is 1. The van der Waals surface area contributed by atoms with E-state index in [0.717, 1.165) is 37.9 Å². The molecule has 5 aliphatic rings. The summed E-state index contributed by atoms with van der Waals surface area (Å²) in [5.41, 5.74) is 11.2. The van der Waals surface area contributed by atoms with Gasteiger partial charge in [-0.2, -0.15) is 0 Å². The lowest BCUT2D eigenvalue weighted by Crippen LogP contribution is -2.44. The van der Waals surface area contributed by atoms with Gasteiger partial charge < -0.3 is 4.90 Å². The van der Waals surface area contributed by atoms with E-state index < -0.39 is 0 Å². The van der Waals surface area contributed by atoms with Crippen LogP contribution in [0, 0.1) is 11.3 Å². The van der Waals surface area contributed by atoms with Crippen LogP contribution in [0.5, 0.6) is 0 Å². The minimum atomic E-state index is -0.107. The molecule has 3 heteroatoms. The quantitative estimate of drug-likeness (QED) is 0.274. The van der Waals surface area contributed by atoms with Crippen LogP contribution in [-0.2, 0) is 10.8 Å². The molecule has 0 fully saturated rings. The van der Waals surface area contributed by atoms with Crippen molar-refractivity contribution in [2.45, 2.75) is 84.5 Å². The molecule has 2 heterocycles. The van der Waals surface area contributed by atoms with E-state index in [-0.39, 0.29) is 27.8 Å². The Morgan fingerprint density at radius 3 is 1.95 bits per heavy atom. The van der Waals surface area contributed by atoms with Gasteiger partial charge in [0.2, 0.25) is 0 Å². The smallest absolute Gasteiger partial charge is 0.197 e. The summed E-state index contributed by atoms with van der Waals surface area (Å²) in [6, 6.07) is 12.3. The van der Waals surface area contributed by atoms with E-state index in [1.807, 2.05) is 12.1 Å². The molecular formula is C37H41NO2. The maximum Gasteiger partial charge on any atom is 0.197 e. The fraction of sp³-hybridized carbons (Fsp3) is 0.459. The normalized spacial score (nSPS) is 25.6. The number of rotatable bonds is 1. The number of ketones is 2. The lowest BCUT2D eigenvalue weighted by atomic mass is 9.62. The molecule has 2 aromatic rings. The molecule has 3 nitrogen and oxygen atoms in total. The Balaban J connectivity index is 1.37. The predicted molar refractivity (Wildman–Crippen MR) is 163 cm³/mol. The molecule has 206 valence electrons. The van der Waals surface area contributed by atoms with Crippen molar-refractivity contribution >= 4 is 22.8 Å². The van der Waals surface area contributed by atoms with Crippen LogP contribution in [0.2, 0.25) is 0 Å². The molecular weight excluding hydrogens is 490 g/mol. The Kier molecular flexibility index (Phi) is 5.41. The van der Waals surface area contributed by atoms with Crippen molar-refractivity contribution in [3.05, 3.63) is 93.1 Å². The zero-order chi connectivity index (χ0) is 28.2. The van der Waals surface area contributed by atoms with Crippen LogP contribution in [0.3, 0.4) is 0 Å². The van der Waals surface area contributed by atoms with E-state index in [2.05, 4.69) is 70.7 Å². The first kappa shape index (κ1) is 25.7. The summed E-state index contributed by atoms with van der Waals surface area (Å²) in [4.78, 5) is 29.4. The largest absolute Gasteiger partial charge is 0.371 e. The van der Waals surface area contributed by atoms with Gasteiger partial charge in [0.15, 0.2) is 11.6 Å². The number of fused-ring (bicyclic) bond motifs is 2. The average Bonchev–Trinajstić information content (AvgIpc) is 3.16. The Labute approximate surface area is 239 Å². The van der Waals surface area contributed by atoms with Crippen molar-refractivity contribution in [2.24, 2.45) is 11.3 Å². The number of hydrogen-bond acceptors (Lipinski definition) is 3. The van der Waals surface area contributed by atoms with E-state index in [1.165, 1.54) is 46.4 Å². The van der Waals surface area contributed by atoms with E-state index in [9.17, 15) is 9.59 Å². The number of hydrogen-bond donors (Lipinski definition) is 0. The van der Waals surface area contributed by atoms with Gasteiger partial charge in [-0.3, -0.25) is 9.59 Å². The van der Waals surface area contributed by atoms with Crippen LogP contribution in [-0.4, -0.2) is 24.7 Å². The molecule has 0 N–H and O–H groups in total. The number of carbonyl (C=O) groups excluding carboxylic acids is 2. The zero-order valence-electron chi connectivity index (χ0n) is 24.9. The van der Waals surface area contributed by atoms with Crippen LogP contribution in [0.15, 0.2) is 65.3 Å². The molecule has 0 radical (unpaired) electrons. The maximum atomic E-state index is 13.4. The van der Waals surface area contributed by atoms with Crippen molar-refractivity contribution in [2.75, 3.05) is 18.0 Å². The van der Waals surface area contributed by atoms with Gasteiger partial charge in [-0.15, -0.1) is 0 Å². The highest BCUT2D eigenvalue weighted by atomic mass is 16.2. The van der Waals surface area contributed by atoms with Crippen molar-refractivity contribution in [3.8, 4) is 0 Å². The molecule has 0 aromatic heterocycles. The fourth-order valence-electron chi connectivity index (χ4n) is 8.25. The minimum Gasteiger partial charge on any atom is -0.371 e. The van der Waals surface area contributed by atoms with Crippen molar-refractivity contribution in [3.63, 3.8) is 0 Å². The molecule has 0 bridgehead atoms. The molecule has 2 aliphatic heterocycles.